The molecule has 0 aromatic heterocycles. The number of hydrogen-bond donors (Lipinski definition) is 0. The van der Waals surface area contributed by atoms with Gasteiger partial charge in [-0.3, -0.25) is 4.31 Å². The van der Waals surface area contributed by atoms with Gasteiger partial charge in [-0.15, -0.1) is 0 Å². The van der Waals surface area contributed by atoms with Crippen molar-refractivity contribution in [1.82, 2.24) is 4.90 Å². The van der Waals surface area contributed by atoms with Gasteiger partial charge in [-0.1, -0.05) is 43.0 Å². The molecule has 0 fully saturated rings. The van der Waals surface area contributed by atoms with Gasteiger partial charge in [0.15, 0.2) is 0 Å². The molecule has 6 heteroatoms. The summed E-state index contributed by atoms with van der Waals surface area (Å²) in [7, 11) is -1.76. The van der Waals surface area contributed by atoms with Gasteiger partial charge in [-0.05, 0) is 44.0 Å². The topological polar surface area (TPSA) is 64.4 Å². The minimum Gasteiger partial charge on any atom is -0.363 e. The number of anilines is 1. The molecule has 0 aliphatic carbocycles. The molecule has 0 bridgehead atoms. The third-order valence-electron chi connectivity index (χ3n) is 4.75. The molecule has 0 saturated heterocycles. The van der Waals surface area contributed by atoms with Gasteiger partial charge < -0.3 is 4.90 Å². The third-order valence-corrected chi connectivity index (χ3v) is 6.53. The van der Waals surface area contributed by atoms with Crippen molar-refractivity contribution in [3.8, 4) is 6.07 Å². The Morgan fingerprint density at radius 1 is 1.29 bits per heavy atom. The van der Waals surface area contributed by atoms with Crippen LogP contribution in [0.25, 0.3) is 5.70 Å². The lowest BCUT2D eigenvalue weighted by molar-refractivity contribution is 0.369. The van der Waals surface area contributed by atoms with Gasteiger partial charge in [0.1, 0.15) is 6.07 Å². The standard InChI is InChI=1S/C22H27N3O2S/c1-6-8-9-10-19-16-25(17(3)4)22(21(19)15-23)18-11-13-20(14-12-18)24(5)28(26,27)7-2/h6,8-14,17H,1,7,16H2,2-5H3/b9-8-,19-10+. The number of rotatable bonds is 7. The Hall–Kier alpha value is -2.78. The summed E-state index contributed by atoms with van der Waals surface area (Å²) >= 11 is 0. The molecule has 0 atom stereocenters. The summed E-state index contributed by atoms with van der Waals surface area (Å²) in [5.41, 5.74) is 3.97. The van der Waals surface area contributed by atoms with E-state index in [-0.39, 0.29) is 11.8 Å². The summed E-state index contributed by atoms with van der Waals surface area (Å²) in [6.07, 6.45) is 7.36. The van der Waals surface area contributed by atoms with Crippen LogP contribution in [0, 0.1) is 11.3 Å². The molecule has 1 aliphatic rings. The van der Waals surface area contributed by atoms with E-state index < -0.39 is 10.0 Å². The maximum absolute atomic E-state index is 12.1. The van der Waals surface area contributed by atoms with E-state index in [0.29, 0.717) is 17.8 Å². The third kappa shape index (κ3) is 4.37. The first-order chi connectivity index (χ1) is 13.3. The fourth-order valence-corrected chi connectivity index (χ4v) is 3.91. The van der Waals surface area contributed by atoms with Crippen molar-refractivity contribution in [2.24, 2.45) is 0 Å². The van der Waals surface area contributed by atoms with Crippen molar-refractivity contribution in [1.29, 1.82) is 5.26 Å². The molecule has 0 radical (unpaired) electrons. The molecule has 0 amide bonds. The first-order valence-electron chi connectivity index (χ1n) is 9.23. The summed E-state index contributed by atoms with van der Waals surface area (Å²) in [5.74, 6) is 0.0441. The highest BCUT2D eigenvalue weighted by Gasteiger charge is 2.29. The fourth-order valence-electron chi connectivity index (χ4n) is 3.08. The van der Waals surface area contributed by atoms with Gasteiger partial charge in [0.25, 0.3) is 0 Å². The van der Waals surface area contributed by atoms with Gasteiger partial charge in [-0.25, -0.2) is 8.42 Å². The first-order valence-corrected chi connectivity index (χ1v) is 10.8. The van der Waals surface area contributed by atoms with Gasteiger partial charge in [-0.2, -0.15) is 5.26 Å². The molecule has 1 aliphatic heterocycles. The van der Waals surface area contributed by atoms with E-state index in [2.05, 4.69) is 31.4 Å². The molecule has 1 aromatic rings. The van der Waals surface area contributed by atoms with Crippen molar-refractivity contribution in [2.75, 3.05) is 23.7 Å². The van der Waals surface area contributed by atoms with Crippen LogP contribution < -0.4 is 4.31 Å². The van der Waals surface area contributed by atoms with E-state index in [4.69, 9.17) is 0 Å². The maximum atomic E-state index is 12.1. The zero-order valence-corrected chi connectivity index (χ0v) is 17.7. The van der Waals surface area contributed by atoms with Gasteiger partial charge in [0.2, 0.25) is 10.0 Å². The summed E-state index contributed by atoms with van der Waals surface area (Å²) in [5, 5.41) is 9.80. The fraction of sp³-hybridized carbons (Fsp3) is 0.318. The van der Waals surface area contributed by atoms with Gasteiger partial charge in [0.05, 0.1) is 22.7 Å². The van der Waals surface area contributed by atoms with Crippen LogP contribution in [0.3, 0.4) is 0 Å². The van der Waals surface area contributed by atoms with Crippen molar-refractivity contribution in [3.05, 3.63) is 71.9 Å². The van der Waals surface area contributed by atoms with E-state index in [1.54, 1.807) is 32.2 Å². The summed E-state index contributed by atoms with van der Waals surface area (Å²) in [6.45, 7) is 10.1. The second-order valence-electron chi connectivity index (χ2n) is 6.78. The van der Waals surface area contributed by atoms with Crippen molar-refractivity contribution in [2.45, 2.75) is 26.8 Å². The largest absolute Gasteiger partial charge is 0.363 e. The minimum atomic E-state index is -3.31. The second-order valence-corrected chi connectivity index (χ2v) is 9.07. The molecule has 1 aromatic carbocycles. The summed E-state index contributed by atoms with van der Waals surface area (Å²) in [6, 6.07) is 9.88. The van der Waals surface area contributed by atoms with Crippen molar-refractivity contribution >= 4 is 21.4 Å². The van der Waals surface area contributed by atoms with Crippen molar-refractivity contribution < 1.29 is 8.42 Å². The smallest absolute Gasteiger partial charge is 0.234 e. The average Bonchev–Trinajstić information content (AvgIpc) is 3.06. The molecule has 1 heterocycles. The maximum Gasteiger partial charge on any atom is 0.234 e. The Morgan fingerprint density at radius 3 is 2.43 bits per heavy atom. The van der Waals surface area contributed by atoms with Crippen molar-refractivity contribution in [3.63, 3.8) is 0 Å². The zero-order chi connectivity index (χ0) is 20.9. The Morgan fingerprint density at radius 2 is 1.93 bits per heavy atom. The normalized spacial score (nSPS) is 16.3. The molecule has 5 nitrogen and oxygen atoms in total. The lowest BCUT2D eigenvalue weighted by atomic mass is 10.0. The van der Waals surface area contributed by atoms with E-state index in [0.717, 1.165) is 16.8 Å². The number of allylic oxidation sites excluding steroid dienone is 4. The predicted molar refractivity (Wildman–Crippen MR) is 116 cm³/mol. The number of hydrogen-bond acceptors (Lipinski definition) is 4. The van der Waals surface area contributed by atoms with E-state index >= 15 is 0 Å². The monoisotopic (exact) mass is 397 g/mol. The van der Waals surface area contributed by atoms with Crippen LogP contribution >= 0.6 is 0 Å². The molecular weight excluding hydrogens is 370 g/mol. The summed E-state index contributed by atoms with van der Waals surface area (Å²) in [4.78, 5) is 2.19. The van der Waals surface area contributed by atoms with Crippen LogP contribution in [0.2, 0.25) is 0 Å². The molecule has 0 N–H and O–H groups in total. The number of nitrogens with zero attached hydrogens (tertiary/aromatic N) is 3. The SMILES string of the molecule is C=C/C=C\C=C1/CN(C(C)C)C(c2ccc(N(C)S(=O)(=O)CC)cc2)=C1C#N. The number of nitriles is 1. The minimum absolute atomic E-state index is 0.0441. The molecule has 0 unspecified atom stereocenters. The molecule has 28 heavy (non-hydrogen) atoms. The number of sulfonamides is 1. The van der Waals surface area contributed by atoms with E-state index in [1.165, 1.54) is 4.31 Å². The predicted octanol–water partition coefficient (Wildman–Crippen LogP) is 4.10. The summed E-state index contributed by atoms with van der Waals surface area (Å²) < 4.78 is 25.5. The molecule has 148 valence electrons. The average molecular weight is 398 g/mol. The lowest BCUT2D eigenvalue weighted by Crippen LogP contribution is -2.28. The molecule has 0 saturated carbocycles. The highest BCUT2D eigenvalue weighted by molar-refractivity contribution is 7.92. The Kier molecular flexibility index (Phi) is 6.87. The lowest BCUT2D eigenvalue weighted by Gasteiger charge is -2.27. The van der Waals surface area contributed by atoms with Crippen LogP contribution in [-0.4, -0.2) is 38.7 Å². The van der Waals surface area contributed by atoms with Gasteiger partial charge >= 0.3 is 0 Å². The Balaban J connectivity index is 2.51. The van der Waals surface area contributed by atoms with Crippen LogP contribution in [0.4, 0.5) is 5.69 Å². The van der Waals surface area contributed by atoms with Crippen LogP contribution in [-0.2, 0) is 10.0 Å². The Labute approximate surface area is 168 Å². The highest BCUT2D eigenvalue weighted by atomic mass is 32.2. The molecular formula is C22H27N3O2S. The van der Waals surface area contributed by atoms with Gasteiger partial charge in [0, 0.05) is 19.6 Å². The molecule has 0 spiro atoms. The Bertz CT molecular complexity index is 962. The molecule has 2 rings (SSSR count). The van der Waals surface area contributed by atoms with E-state index in [9.17, 15) is 13.7 Å². The second kappa shape index (κ2) is 8.94. The van der Waals surface area contributed by atoms with Crippen LogP contribution in [0.1, 0.15) is 26.3 Å². The van der Waals surface area contributed by atoms with E-state index in [1.807, 2.05) is 30.4 Å². The quantitative estimate of drug-likeness (QED) is 0.650. The van der Waals surface area contributed by atoms with Crippen LogP contribution in [0.15, 0.2) is 66.3 Å². The highest BCUT2D eigenvalue weighted by Crippen LogP contribution is 2.36. The zero-order valence-electron chi connectivity index (χ0n) is 16.9. The van der Waals surface area contributed by atoms with Crippen LogP contribution in [0.5, 0.6) is 0 Å². The first kappa shape index (κ1) is 21.5. The number of benzene rings is 1.